The molecule has 0 bridgehead atoms. The zero-order chi connectivity index (χ0) is 13.5. The van der Waals surface area contributed by atoms with E-state index in [2.05, 4.69) is 10.3 Å². The van der Waals surface area contributed by atoms with Crippen LogP contribution in [-0.2, 0) is 16.0 Å². The number of amides is 2. The molecular weight excluding hydrogens is 262 g/mol. The molecule has 0 saturated carbocycles. The topological polar surface area (TPSA) is 62.3 Å². The lowest BCUT2D eigenvalue weighted by Crippen LogP contribution is -2.41. The Morgan fingerprint density at radius 3 is 3.11 bits per heavy atom. The van der Waals surface area contributed by atoms with E-state index in [4.69, 9.17) is 0 Å². The maximum absolute atomic E-state index is 11.8. The molecule has 19 heavy (non-hydrogen) atoms. The molecule has 1 aromatic rings. The van der Waals surface area contributed by atoms with E-state index in [0.29, 0.717) is 19.5 Å². The van der Waals surface area contributed by atoms with Crippen LogP contribution in [0.5, 0.6) is 0 Å². The Morgan fingerprint density at radius 1 is 1.42 bits per heavy atom. The molecule has 2 amide bonds. The van der Waals surface area contributed by atoms with Gasteiger partial charge in [0.05, 0.1) is 11.6 Å². The van der Waals surface area contributed by atoms with E-state index in [9.17, 15) is 9.59 Å². The number of nitrogens with zero attached hydrogens (tertiary/aromatic N) is 2. The van der Waals surface area contributed by atoms with Crippen molar-refractivity contribution in [3.8, 4) is 0 Å². The number of thiazole rings is 1. The third-order valence-electron chi connectivity index (χ3n) is 3.15. The summed E-state index contributed by atoms with van der Waals surface area (Å²) in [7, 11) is 0. The summed E-state index contributed by atoms with van der Waals surface area (Å²) in [5.41, 5.74) is 0. The Hall–Kier alpha value is -1.43. The number of rotatable bonds is 5. The lowest BCUT2D eigenvalue weighted by Gasteiger charge is -2.19. The predicted molar refractivity (Wildman–Crippen MR) is 73.9 cm³/mol. The molecule has 1 aliphatic rings. The molecule has 6 heteroatoms. The van der Waals surface area contributed by atoms with Crippen LogP contribution in [0, 0.1) is 0 Å². The van der Waals surface area contributed by atoms with Crippen molar-refractivity contribution in [3.05, 3.63) is 16.6 Å². The molecule has 2 rings (SSSR count). The Kier molecular flexibility index (Phi) is 5.32. The highest BCUT2D eigenvalue weighted by Gasteiger charge is 2.18. The predicted octanol–water partition coefficient (Wildman–Crippen LogP) is 1.20. The number of aromatic nitrogens is 1. The largest absolute Gasteiger partial charge is 0.354 e. The van der Waals surface area contributed by atoms with E-state index in [1.807, 2.05) is 5.38 Å². The van der Waals surface area contributed by atoms with Gasteiger partial charge in [-0.2, -0.15) is 0 Å². The molecule has 1 N–H and O–H groups in total. The monoisotopic (exact) mass is 281 g/mol. The van der Waals surface area contributed by atoms with Crippen molar-refractivity contribution in [2.75, 3.05) is 19.6 Å². The van der Waals surface area contributed by atoms with Crippen LogP contribution in [0.4, 0.5) is 0 Å². The smallest absolute Gasteiger partial charge is 0.239 e. The molecule has 5 nitrogen and oxygen atoms in total. The molecule has 0 spiro atoms. The van der Waals surface area contributed by atoms with Crippen molar-refractivity contribution in [1.29, 1.82) is 0 Å². The maximum atomic E-state index is 11.8. The van der Waals surface area contributed by atoms with E-state index in [0.717, 1.165) is 30.7 Å². The highest BCUT2D eigenvalue weighted by atomic mass is 32.1. The van der Waals surface area contributed by atoms with Gasteiger partial charge in [0, 0.05) is 37.5 Å². The summed E-state index contributed by atoms with van der Waals surface area (Å²) in [6.07, 6.45) is 6.11. The second-order valence-electron chi connectivity index (χ2n) is 4.65. The van der Waals surface area contributed by atoms with Gasteiger partial charge in [0.15, 0.2) is 0 Å². The second kappa shape index (κ2) is 7.23. The first-order chi connectivity index (χ1) is 9.25. The molecule has 0 aromatic carbocycles. The van der Waals surface area contributed by atoms with Gasteiger partial charge in [0.25, 0.3) is 0 Å². The molecule has 104 valence electrons. The van der Waals surface area contributed by atoms with Gasteiger partial charge in [-0.25, -0.2) is 4.98 Å². The van der Waals surface area contributed by atoms with Crippen LogP contribution in [0.1, 0.15) is 30.7 Å². The average molecular weight is 281 g/mol. The summed E-state index contributed by atoms with van der Waals surface area (Å²) in [4.78, 5) is 29.4. The van der Waals surface area contributed by atoms with E-state index in [1.54, 1.807) is 22.4 Å². The molecule has 0 unspecified atom stereocenters. The molecule has 0 atom stereocenters. The fraction of sp³-hybridized carbons (Fsp3) is 0.615. The van der Waals surface area contributed by atoms with Gasteiger partial charge >= 0.3 is 0 Å². The average Bonchev–Trinajstić information content (AvgIpc) is 2.82. The number of carbonyl (C=O) groups is 2. The molecule has 2 heterocycles. The third kappa shape index (κ3) is 4.63. The number of hydrogen-bond donors (Lipinski definition) is 1. The summed E-state index contributed by atoms with van der Waals surface area (Å²) in [5.74, 6) is 0.0272. The first-order valence-corrected chi connectivity index (χ1v) is 7.56. The highest BCUT2D eigenvalue weighted by molar-refractivity contribution is 7.09. The minimum absolute atomic E-state index is 0.0770. The first kappa shape index (κ1) is 14.0. The van der Waals surface area contributed by atoms with E-state index in [-0.39, 0.29) is 18.4 Å². The summed E-state index contributed by atoms with van der Waals surface area (Å²) in [5, 5.41) is 5.79. The molecule has 1 aromatic heterocycles. The number of hydrogen-bond acceptors (Lipinski definition) is 4. The minimum atomic E-state index is -0.0770. The zero-order valence-corrected chi connectivity index (χ0v) is 11.7. The fourth-order valence-corrected chi connectivity index (χ4v) is 2.74. The van der Waals surface area contributed by atoms with Crippen LogP contribution in [0.15, 0.2) is 11.6 Å². The third-order valence-corrected chi connectivity index (χ3v) is 3.99. The number of nitrogens with one attached hydrogen (secondary N) is 1. The Labute approximate surface area is 117 Å². The zero-order valence-electron chi connectivity index (χ0n) is 10.9. The standard InChI is InChI=1S/C13H19N3O2S/c17-11(14-6-5-12-15-7-9-19-12)10-16-8-3-1-2-4-13(16)18/h7,9H,1-6,8,10H2,(H,14,17). The van der Waals surface area contributed by atoms with Gasteiger partial charge in [-0.1, -0.05) is 6.42 Å². The fourth-order valence-electron chi connectivity index (χ4n) is 2.12. The number of carbonyl (C=O) groups excluding carboxylic acids is 2. The number of likely N-dealkylation sites (tertiary alicyclic amines) is 1. The SMILES string of the molecule is O=C(CN1CCCCCC1=O)NCCc1nccs1. The molecule has 1 aliphatic heterocycles. The first-order valence-electron chi connectivity index (χ1n) is 6.68. The van der Waals surface area contributed by atoms with Gasteiger partial charge in [-0.05, 0) is 12.8 Å². The molecule has 0 radical (unpaired) electrons. The van der Waals surface area contributed by atoms with Crippen LogP contribution in [0.2, 0.25) is 0 Å². The maximum Gasteiger partial charge on any atom is 0.239 e. The summed E-state index contributed by atoms with van der Waals surface area (Å²) in [6.45, 7) is 1.48. The van der Waals surface area contributed by atoms with Crippen molar-refractivity contribution >= 4 is 23.2 Å². The summed E-state index contributed by atoms with van der Waals surface area (Å²) < 4.78 is 0. The van der Waals surface area contributed by atoms with Crippen LogP contribution in [0.25, 0.3) is 0 Å². The van der Waals surface area contributed by atoms with Crippen molar-refractivity contribution in [2.45, 2.75) is 32.1 Å². The minimum Gasteiger partial charge on any atom is -0.354 e. The lowest BCUT2D eigenvalue weighted by molar-refractivity contribution is -0.135. The van der Waals surface area contributed by atoms with Crippen molar-refractivity contribution in [2.24, 2.45) is 0 Å². The quantitative estimate of drug-likeness (QED) is 0.882. The Morgan fingerprint density at radius 2 is 2.32 bits per heavy atom. The molecular formula is C13H19N3O2S. The van der Waals surface area contributed by atoms with Crippen LogP contribution in [-0.4, -0.2) is 41.3 Å². The summed E-state index contributed by atoms with van der Waals surface area (Å²) >= 11 is 1.59. The van der Waals surface area contributed by atoms with Crippen LogP contribution < -0.4 is 5.32 Å². The molecule has 0 aliphatic carbocycles. The van der Waals surface area contributed by atoms with Gasteiger partial charge < -0.3 is 10.2 Å². The van der Waals surface area contributed by atoms with Gasteiger partial charge in [-0.3, -0.25) is 9.59 Å². The van der Waals surface area contributed by atoms with Gasteiger partial charge in [0.1, 0.15) is 0 Å². The Balaban J connectivity index is 1.69. The van der Waals surface area contributed by atoms with Crippen molar-refractivity contribution in [3.63, 3.8) is 0 Å². The highest BCUT2D eigenvalue weighted by Crippen LogP contribution is 2.10. The Bertz CT molecular complexity index is 420. The van der Waals surface area contributed by atoms with Crippen molar-refractivity contribution in [1.82, 2.24) is 15.2 Å². The van der Waals surface area contributed by atoms with Crippen LogP contribution >= 0.6 is 11.3 Å². The van der Waals surface area contributed by atoms with E-state index < -0.39 is 0 Å². The van der Waals surface area contributed by atoms with Gasteiger partial charge in [0.2, 0.25) is 11.8 Å². The normalized spacial score (nSPS) is 16.2. The van der Waals surface area contributed by atoms with E-state index >= 15 is 0 Å². The second-order valence-corrected chi connectivity index (χ2v) is 5.63. The van der Waals surface area contributed by atoms with Crippen LogP contribution in [0.3, 0.4) is 0 Å². The molecule has 1 fully saturated rings. The van der Waals surface area contributed by atoms with E-state index in [1.165, 1.54) is 0 Å². The summed E-state index contributed by atoms with van der Waals surface area (Å²) in [6, 6.07) is 0. The van der Waals surface area contributed by atoms with Gasteiger partial charge in [-0.15, -0.1) is 11.3 Å². The lowest BCUT2D eigenvalue weighted by atomic mass is 10.2. The molecule has 1 saturated heterocycles. The van der Waals surface area contributed by atoms with Crippen molar-refractivity contribution < 1.29 is 9.59 Å².